The minimum Gasteiger partial charge on any atom is -0.390 e. The molecule has 0 heterocycles. The lowest BCUT2D eigenvalue weighted by molar-refractivity contribution is -0.870. The molecule has 0 aliphatic heterocycles. The van der Waals surface area contributed by atoms with Gasteiger partial charge < -0.3 is 24.9 Å². The predicted octanol–water partition coefficient (Wildman–Crippen LogP) is 9.32. The largest absolute Gasteiger partial charge is 0.472 e. The van der Waals surface area contributed by atoms with Crippen molar-refractivity contribution in [2.45, 2.75) is 173 Å². The number of hydrogen-bond donors (Lipinski definition) is 4. The minimum absolute atomic E-state index is 0.0116. The first-order valence-electron chi connectivity index (χ1n) is 19.9. The van der Waals surface area contributed by atoms with Gasteiger partial charge >= 0.3 is 7.82 Å². The summed E-state index contributed by atoms with van der Waals surface area (Å²) in [7, 11) is 1.40. The first-order chi connectivity index (χ1) is 23.9. The molecule has 0 saturated heterocycles. The summed E-state index contributed by atoms with van der Waals surface area (Å²) in [6.07, 6.45) is 33.5. The molecule has 0 aromatic carbocycles. The number of rotatable bonds is 35. The summed E-state index contributed by atoms with van der Waals surface area (Å²) >= 11 is 0. The van der Waals surface area contributed by atoms with Crippen molar-refractivity contribution in [3.63, 3.8) is 0 Å². The first-order valence-corrected chi connectivity index (χ1v) is 21.4. The SMILES string of the molecule is CCCCC/C=C/CC/C=C/CCCC(O)C(O)C(COP(=O)(O)OCC[N+](C)(C)C)NC(=O)CCCCCCC/C=C\CCCCCCC. The Bertz CT molecular complexity index is 935. The molecule has 0 spiro atoms. The molecule has 1 amide bonds. The van der Waals surface area contributed by atoms with E-state index in [1.807, 2.05) is 21.1 Å². The summed E-state index contributed by atoms with van der Waals surface area (Å²) < 4.78 is 23.4. The molecule has 4 atom stereocenters. The smallest absolute Gasteiger partial charge is 0.390 e. The zero-order valence-corrected chi connectivity index (χ0v) is 33.6. The summed E-state index contributed by atoms with van der Waals surface area (Å²) in [5, 5.41) is 24.5. The molecular weight excluding hydrogens is 651 g/mol. The number of aliphatic hydroxyl groups is 2. The molecule has 9 nitrogen and oxygen atoms in total. The average molecular weight is 730 g/mol. The van der Waals surface area contributed by atoms with Crippen LogP contribution in [-0.2, 0) is 18.4 Å². The van der Waals surface area contributed by atoms with Crippen molar-refractivity contribution in [2.75, 3.05) is 40.9 Å². The van der Waals surface area contributed by atoms with Crippen LogP contribution in [-0.4, -0.2) is 84.6 Å². The number of nitrogens with zero attached hydrogens (tertiary/aromatic N) is 1. The van der Waals surface area contributed by atoms with Gasteiger partial charge in [-0.1, -0.05) is 108 Å². The highest BCUT2D eigenvalue weighted by Crippen LogP contribution is 2.43. The van der Waals surface area contributed by atoms with Gasteiger partial charge in [0, 0.05) is 6.42 Å². The second kappa shape index (κ2) is 32.3. The molecule has 0 aromatic rings. The number of hydrogen-bond acceptors (Lipinski definition) is 6. The fourth-order valence-corrected chi connectivity index (χ4v) is 6.12. The second-order valence-electron chi connectivity index (χ2n) is 14.8. The molecule has 0 rings (SSSR count). The van der Waals surface area contributed by atoms with Crippen LogP contribution in [0.1, 0.15) is 155 Å². The summed E-state index contributed by atoms with van der Waals surface area (Å²) in [5.41, 5.74) is 0. The second-order valence-corrected chi connectivity index (χ2v) is 16.2. The van der Waals surface area contributed by atoms with E-state index < -0.39 is 32.7 Å². The molecular formula is C40H78N2O7P+. The van der Waals surface area contributed by atoms with Gasteiger partial charge in [-0.3, -0.25) is 13.8 Å². The van der Waals surface area contributed by atoms with E-state index in [9.17, 15) is 24.5 Å². The summed E-state index contributed by atoms with van der Waals surface area (Å²) in [6, 6.07) is -1.06. The van der Waals surface area contributed by atoms with Crippen LogP contribution in [0.3, 0.4) is 0 Å². The molecule has 0 aliphatic rings. The lowest BCUT2D eigenvalue weighted by Crippen LogP contribution is -2.51. The highest BCUT2D eigenvalue weighted by molar-refractivity contribution is 7.47. The third-order valence-electron chi connectivity index (χ3n) is 8.68. The molecule has 0 radical (unpaired) electrons. The molecule has 294 valence electrons. The minimum atomic E-state index is -4.42. The Morgan fingerprint density at radius 2 is 1.14 bits per heavy atom. The van der Waals surface area contributed by atoms with Crippen molar-refractivity contribution in [1.82, 2.24) is 5.32 Å². The van der Waals surface area contributed by atoms with Gasteiger partial charge in [-0.15, -0.1) is 0 Å². The van der Waals surface area contributed by atoms with Gasteiger partial charge in [-0.25, -0.2) is 4.57 Å². The molecule has 0 aromatic heterocycles. The number of allylic oxidation sites excluding steroid dienone is 6. The summed E-state index contributed by atoms with van der Waals surface area (Å²) in [4.78, 5) is 23.0. The van der Waals surface area contributed by atoms with E-state index in [0.29, 0.717) is 30.3 Å². The van der Waals surface area contributed by atoms with Crippen molar-refractivity contribution >= 4 is 13.7 Å². The highest BCUT2D eigenvalue weighted by Gasteiger charge is 2.31. The van der Waals surface area contributed by atoms with Gasteiger partial charge in [-0.05, 0) is 77.0 Å². The third-order valence-corrected chi connectivity index (χ3v) is 9.66. The monoisotopic (exact) mass is 730 g/mol. The molecule has 4 N–H and O–H groups in total. The van der Waals surface area contributed by atoms with Crippen molar-refractivity contribution in [3.05, 3.63) is 36.5 Å². The molecule has 0 aliphatic carbocycles. The maximum Gasteiger partial charge on any atom is 0.472 e. The number of quaternary nitrogens is 1. The standard InChI is InChI=1S/C40H77N2O7P/c1-6-8-10-12-14-16-18-20-21-23-25-27-29-31-33-39(44)41-37(36-49-50(46,47)48-35-34-42(3,4)5)40(45)38(43)32-30-28-26-24-22-19-17-15-13-11-9-7-2/h15,17-18,20,24,26,37-38,40,43,45H,6-14,16,19,21-23,25,27-36H2,1-5H3,(H-,41,44,46,47)/p+1/b17-15+,20-18-,26-24+. The van der Waals surface area contributed by atoms with Gasteiger partial charge in [0.1, 0.15) is 19.3 Å². The maximum absolute atomic E-state index is 12.8. The Balaban J connectivity index is 4.68. The van der Waals surface area contributed by atoms with Gasteiger partial charge in [0.15, 0.2) is 0 Å². The Hall–Kier alpha value is -1.32. The number of nitrogens with one attached hydrogen (secondary N) is 1. The number of carbonyl (C=O) groups excluding carboxylic acids is 1. The van der Waals surface area contributed by atoms with Gasteiger partial charge in [0.05, 0.1) is 39.9 Å². The maximum atomic E-state index is 12.8. The molecule has 0 saturated carbocycles. The van der Waals surface area contributed by atoms with Crippen LogP contribution >= 0.6 is 7.82 Å². The van der Waals surface area contributed by atoms with E-state index in [0.717, 1.165) is 57.8 Å². The number of phosphoric acid groups is 1. The van der Waals surface area contributed by atoms with Gasteiger partial charge in [0.2, 0.25) is 5.91 Å². The molecule has 10 heteroatoms. The lowest BCUT2D eigenvalue weighted by atomic mass is 10.0. The zero-order chi connectivity index (χ0) is 37.4. The lowest BCUT2D eigenvalue weighted by Gasteiger charge is -2.28. The average Bonchev–Trinajstić information content (AvgIpc) is 3.06. The van der Waals surface area contributed by atoms with Crippen LogP contribution < -0.4 is 5.32 Å². The first kappa shape index (κ1) is 48.7. The van der Waals surface area contributed by atoms with Crippen molar-refractivity contribution in [3.8, 4) is 0 Å². The molecule has 0 bridgehead atoms. The van der Waals surface area contributed by atoms with E-state index >= 15 is 0 Å². The number of phosphoric ester groups is 1. The van der Waals surface area contributed by atoms with Crippen LogP contribution in [0.4, 0.5) is 0 Å². The van der Waals surface area contributed by atoms with Gasteiger partial charge in [-0.2, -0.15) is 0 Å². The van der Waals surface area contributed by atoms with E-state index in [1.165, 1.54) is 57.8 Å². The van der Waals surface area contributed by atoms with E-state index in [2.05, 4.69) is 55.6 Å². The van der Waals surface area contributed by atoms with E-state index in [-0.39, 0.29) is 18.9 Å². The van der Waals surface area contributed by atoms with Crippen LogP contribution in [0.25, 0.3) is 0 Å². The summed E-state index contributed by atoms with van der Waals surface area (Å²) in [6.45, 7) is 4.50. The van der Waals surface area contributed by atoms with E-state index in [1.54, 1.807) is 0 Å². The highest BCUT2D eigenvalue weighted by atomic mass is 31.2. The van der Waals surface area contributed by atoms with Crippen LogP contribution in [0.2, 0.25) is 0 Å². The fourth-order valence-electron chi connectivity index (χ4n) is 5.39. The van der Waals surface area contributed by atoms with Crippen molar-refractivity contribution < 1.29 is 38.0 Å². The fraction of sp³-hybridized carbons (Fsp3) is 0.825. The number of unbranched alkanes of at least 4 members (excludes halogenated alkanes) is 15. The quantitative estimate of drug-likeness (QED) is 0.0222. The van der Waals surface area contributed by atoms with Crippen LogP contribution in [0.15, 0.2) is 36.5 Å². The number of amides is 1. The molecule has 4 unspecified atom stereocenters. The molecule has 0 fully saturated rings. The normalized spacial score (nSPS) is 15.6. The number of likely N-dealkylation sites (N-methyl/N-ethyl adjacent to an activating group) is 1. The van der Waals surface area contributed by atoms with Crippen LogP contribution in [0, 0.1) is 0 Å². The third kappa shape index (κ3) is 32.6. The zero-order valence-electron chi connectivity index (χ0n) is 32.7. The Morgan fingerprint density at radius 3 is 1.70 bits per heavy atom. The number of aliphatic hydroxyl groups excluding tert-OH is 2. The molecule has 50 heavy (non-hydrogen) atoms. The van der Waals surface area contributed by atoms with Gasteiger partial charge in [0.25, 0.3) is 0 Å². The topological polar surface area (TPSA) is 125 Å². The Morgan fingerprint density at radius 1 is 0.680 bits per heavy atom. The van der Waals surface area contributed by atoms with Crippen molar-refractivity contribution in [2.24, 2.45) is 0 Å². The van der Waals surface area contributed by atoms with E-state index in [4.69, 9.17) is 9.05 Å². The summed E-state index contributed by atoms with van der Waals surface area (Å²) in [5.74, 6) is -0.284. The Kier molecular flexibility index (Phi) is 31.5. The van der Waals surface area contributed by atoms with Crippen molar-refractivity contribution in [1.29, 1.82) is 0 Å². The predicted molar refractivity (Wildman–Crippen MR) is 209 cm³/mol. The van der Waals surface area contributed by atoms with Crippen LogP contribution in [0.5, 0.6) is 0 Å². The Labute approximate surface area is 307 Å². The number of carbonyl (C=O) groups is 1.